The van der Waals surface area contributed by atoms with Gasteiger partial charge >= 0.3 is 0 Å². The van der Waals surface area contributed by atoms with Crippen molar-refractivity contribution in [2.45, 2.75) is 44.2 Å². The fourth-order valence-electron chi connectivity index (χ4n) is 1.79. The number of thioether (sulfide) groups is 1. The van der Waals surface area contributed by atoms with Crippen LogP contribution in [0.15, 0.2) is 17.3 Å². The summed E-state index contributed by atoms with van der Waals surface area (Å²) >= 11 is 1.71. The van der Waals surface area contributed by atoms with Crippen molar-refractivity contribution >= 4 is 21.8 Å². The summed E-state index contributed by atoms with van der Waals surface area (Å²) in [6.07, 6.45) is 6.89. The minimum atomic E-state index is -3.47. The Balaban J connectivity index is 2.53. The maximum Gasteiger partial charge on any atom is 0.243 e. The number of hydrogen-bond acceptors (Lipinski definition) is 5. The average molecular weight is 335 g/mol. The second kappa shape index (κ2) is 9.45. The van der Waals surface area contributed by atoms with E-state index in [1.165, 1.54) is 6.20 Å². The van der Waals surface area contributed by atoms with Crippen LogP contribution in [0, 0.1) is 0 Å². The highest BCUT2D eigenvalue weighted by molar-refractivity contribution is 7.98. The van der Waals surface area contributed by atoms with Gasteiger partial charge in [0.15, 0.2) is 0 Å². The van der Waals surface area contributed by atoms with E-state index < -0.39 is 10.0 Å². The van der Waals surface area contributed by atoms with Crippen LogP contribution in [0.2, 0.25) is 0 Å². The Kier molecular flexibility index (Phi) is 8.31. The molecule has 2 N–H and O–H groups in total. The first kappa shape index (κ1) is 18.5. The molecule has 1 aromatic rings. The van der Waals surface area contributed by atoms with Crippen molar-refractivity contribution in [3.63, 3.8) is 0 Å². The molecule has 0 aromatic carbocycles. The Morgan fingerprint density at radius 2 is 2.19 bits per heavy atom. The van der Waals surface area contributed by atoms with Crippen molar-refractivity contribution in [1.82, 2.24) is 19.8 Å². The van der Waals surface area contributed by atoms with Crippen LogP contribution >= 0.6 is 11.8 Å². The van der Waals surface area contributed by atoms with E-state index >= 15 is 0 Å². The molecule has 0 aliphatic heterocycles. The third kappa shape index (κ3) is 6.82. The first-order valence-electron chi connectivity index (χ1n) is 7.24. The van der Waals surface area contributed by atoms with E-state index in [1.807, 2.05) is 13.2 Å². The Labute approximate surface area is 132 Å². The number of nitrogens with zero attached hydrogens (tertiary/aromatic N) is 2. The Morgan fingerprint density at radius 3 is 2.86 bits per heavy atom. The predicted molar refractivity (Wildman–Crippen MR) is 88.2 cm³/mol. The van der Waals surface area contributed by atoms with Gasteiger partial charge in [0.25, 0.3) is 0 Å². The molecule has 1 atom stereocenters. The molecule has 0 aliphatic rings. The zero-order valence-electron chi connectivity index (χ0n) is 13.0. The highest BCUT2D eigenvalue weighted by atomic mass is 32.2. The second-order valence-electron chi connectivity index (χ2n) is 4.99. The molecule has 0 saturated carbocycles. The zero-order chi connectivity index (χ0) is 15.7. The van der Waals surface area contributed by atoms with Crippen molar-refractivity contribution < 1.29 is 8.42 Å². The van der Waals surface area contributed by atoms with Crippen molar-refractivity contribution in [3.8, 4) is 0 Å². The molecule has 0 amide bonds. The summed E-state index contributed by atoms with van der Waals surface area (Å²) < 4.78 is 28.8. The number of nitrogens with one attached hydrogen (secondary N) is 2. The quantitative estimate of drug-likeness (QED) is 0.597. The third-order valence-electron chi connectivity index (χ3n) is 2.98. The molecule has 0 fully saturated rings. The summed E-state index contributed by atoms with van der Waals surface area (Å²) in [5.41, 5.74) is 0. The largest absolute Gasteiger partial charge is 0.315 e. The Hall–Kier alpha value is -0.570. The molecule has 21 heavy (non-hydrogen) atoms. The third-order valence-corrected chi connectivity index (χ3v) is 5.16. The highest BCUT2D eigenvalue weighted by Gasteiger charge is 2.19. The summed E-state index contributed by atoms with van der Waals surface area (Å²) in [7, 11) is -3.47. The van der Waals surface area contributed by atoms with E-state index in [1.54, 1.807) is 22.6 Å². The Bertz CT molecular complexity index is 502. The molecule has 1 rings (SSSR count). The van der Waals surface area contributed by atoms with Crippen LogP contribution < -0.4 is 10.0 Å². The predicted octanol–water partition coefficient (Wildman–Crippen LogP) is 1.30. The lowest BCUT2D eigenvalue weighted by molar-refractivity contribution is 0.549. The van der Waals surface area contributed by atoms with Gasteiger partial charge in [-0.15, -0.1) is 0 Å². The second-order valence-corrected chi connectivity index (χ2v) is 7.69. The fourth-order valence-corrected chi connectivity index (χ4v) is 3.61. The molecule has 0 spiro atoms. The molecule has 0 aliphatic carbocycles. The van der Waals surface area contributed by atoms with Crippen LogP contribution in [0.3, 0.4) is 0 Å². The molecule has 1 aromatic heterocycles. The molecule has 0 radical (unpaired) electrons. The Morgan fingerprint density at radius 1 is 1.43 bits per heavy atom. The first-order chi connectivity index (χ1) is 9.99. The van der Waals surface area contributed by atoms with Gasteiger partial charge in [0, 0.05) is 18.8 Å². The summed E-state index contributed by atoms with van der Waals surface area (Å²) in [4.78, 5) is 0.231. The molecule has 1 heterocycles. The van der Waals surface area contributed by atoms with Crippen LogP contribution in [0.25, 0.3) is 0 Å². The number of sulfonamides is 1. The van der Waals surface area contributed by atoms with Gasteiger partial charge in [-0.1, -0.05) is 6.92 Å². The van der Waals surface area contributed by atoms with Crippen LogP contribution in [0.4, 0.5) is 0 Å². The lowest BCUT2D eigenvalue weighted by Gasteiger charge is -2.12. The van der Waals surface area contributed by atoms with E-state index in [2.05, 4.69) is 22.1 Å². The standard InChI is InChI=1S/C13H26N4O2S2/c1-4-6-14-7-8-17-11-13(10-15-17)21(18,19)16-12(2)5-9-20-3/h10-12,14,16H,4-9H2,1-3H3. The summed E-state index contributed by atoms with van der Waals surface area (Å²) in [5, 5.41) is 7.36. The van der Waals surface area contributed by atoms with Gasteiger partial charge in [0.2, 0.25) is 10.0 Å². The van der Waals surface area contributed by atoms with E-state index in [0.29, 0.717) is 6.54 Å². The van der Waals surface area contributed by atoms with E-state index in [4.69, 9.17) is 0 Å². The first-order valence-corrected chi connectivity index (χ1v) is 10.1. The topological polar surface area (TPSA) is 76.0 Å². The molecular formula is C13H26N4O2S2. The lowest BCUT2D eigenvalue weighted by Crippen LogP contribution is -2.32. The molecular weight excluding hydrogens is 308 g/mol. The van der Waals surface area contributed by atoms with Crippen LogP contribution in [0.5, 0.6) is 0 Å². The minimum absolute atomic E-state index is 0.0722. The number of hydrogen-bond donors (Lipinski definition) is 2. The van der Waals surface area contributed by atoms with Crippen LogP contribution in [0.1, 0.15) is 26.7 Å². The van der Waals surface area contributed by atoms with Crippen molar-refractivity contribution in [3.05, 3.63) is 12.4 Å². The molecule has 6 nitrogen and oxygen atoms in total. The molecule has 1 unspecified atom stereocenters. The van der Waals surface area contributed by atoms with E-state index in [0.717, 1.165) is 31.7 Å². The summed E-state index contributed by atoms with van der Waals surface area (Å²) in [5.74, 6) is 0.937. The van der Waals surface area contributed by atoms with Crippen molar-refractivity contribution in [2.24, 2.45) is 0 Å². The van der Waals surface area contributed by atoms with Crippen molar-refractivity contribution in [2.75, 3.05) is 25.1 Å². The van der Waals surface area contributed by atoms with E-state index in [-0.39, 0.29) is 10.9 Å². The van der Waals surface area contributed by atoms with Gasteiger partial charge < -0.3 is 5.32 Å². The molecule has 8 heteroatoms. The zero-order valence-corrected chi connectivity index (χ0v) is 14.6. The average Bonchev–Trinajstić information content (AvgIpc) is 2.90. The monoisotopic (exact) mass is 334 g/mol. The highest BCUT2D eigenvalue weighted by Crippen LogP contribution is 2.09. The normalized spacial score (nSPS) is 13.5. The van der Waals surface area contributed by atoms with Gasteiger partial charge in [-0.3, -0.25) is 4.68 Å². The maximum atomic E-state index is 12.2. The summed E-state index contributed by atoms with van der Waals surface area (Å²) in [6.45, 7) is 6.40. The van der Waals surface area contributed by atoms with Crippen molar-refractivity contribution in [1.29, 1.82) is 0 Å². The van der Waals surface area contributed by atoms with Gasteiger partial charge in [0.05, 0.1) is 12.7 Å². The number of aromatic nitrogens is 2. The smallest absolute Gasteiger partial charge is 0.243 e. The van der Waals surface area contributed by atoms with Crippen LogP contribution in [-0.4, -0.2) is 49.3 Å². The maximum absolute atomic E-state index is 12.2. The molecule has 122 valence electrons. The van der Waals surface area contributed by atoms with Gasteiger partial charge in [-0.2, -0.15) is 16.9 Å². The van der Waals surface area contributed by atoms with E-state index in [9.17, 15) is 8.42 Å². The lowest BCUT2D eigenvalue weighted by atomic mass is 10.3. The van der Waals surface area contributed by atoms with Gasteiger partial charge in [-0.25, -0.2) is 13.1 Å². The number of rotatable bonds is 11. The SMILES string of the molecule is CCCNCCn1cc(S(=O)(=O)NC(C)CCSC)cn1. The minimum Gasteiger partial charge on any atom is -0.315 e. The van der Waals surface area contributed by atoms with Gasteiger partial charge in [-0.05, 0) is 38.3 Å². The molecule has 0 bridgehead atoms. The van der Waals surface area contributed by atoms with Gasteiger partial charge in [0.1, 0.15) is 4.90 Å². The molecule has 0 saturated heterocycles. The summed E-state index contributed by atoms with van der Waals surface area (Å²) in [6, 6.07) is -0.0722. The fraction of sp³-hybridized carbons (Fsp3) is 0.769. The van der Waals surface area contributed by atoms with Crippen LogP contribution in [-0.2, 0) is 16.6 Å².